The van der Waals surface area contributed by atoms with Crippen molar-refractivity contribution in [3.8, 4) is 0 Å². The van der Waals surface area contributed by atoms with Crippen LogP contribution in [0.1, 0.15) is 10.4 Å². The lowest BCUT2D eigenvalue weighted by Gasteiger charge is -1.95. The van der Waals surface area contributed by atoms with Crippen molar-refractivity contribution in [3.05, 3.63) is 19.9 Å². The number of carbonyl (C=O) groups is 1. The highest BCUT2D eigenvalue weighted by atomic mass is 127. The van der Waals surface area contributed by atoms with Gasteiger partial charge in [0.2, 0.25) is 5.13 Å². The van der Waals surface area contributed by atoms with Gasteiger partial charge in [-0.2, -0.15) is 0 Å². The van der Waals surface area contributed by atoms with E-state index in [1.165, 1.54) is 11.3 Å². The molecular formula is C6H3IN4OS2. The summed E-state index contributed by atoms with van der Waals surface area (Å²) in [5.74, 6) is -0.178. The molecule has 2 rings (SSSR count). The van der Waals surface area contributed by atoms with Gasteiger partial charge in [0.1, 0.15) is 0 Å². The molecule has 5 nitrogen and oxygen atoms in total. The van der Waals surface area contributed by atoms with Crippen LogP contribution in [0.4, 0.5) is 5.13 Å². The van der Waals surface area contributed by atoms with Gasteiger partial charge in [-0.3, -0.25) is 10.1 Å². The van der Waals surface area contributed by atoms with Crippen LogP contribution in [-0.2, 0) is 0 Å². The fraction of sp³-hybridized carbons (Fsp3) is 0. The van der Waals surface area contributed by atoms with E-state index in [1.54, 1.807) is 5.38 Å². The van der Waals surface area contributed by atoms with Crippen molar-refractivity contribution in [1.29, 1.82) is 0 Å². The summed E-state index contributed by atoms with van der Waals surface area (Å²) in [6.45, 7) is 0. The van der Waals surface area contributed by atoms with Gasteiger partial charge in [-0.05, 0) is 33.9 Å². The lowest BCUT2D eigenvalue weighted by Crippen LogP contribution is -2.10. The first-order chi connectivity index (χ1) is 6.75. The summed E-state index contributed by atoms with van der Waals surface area (Å²) in [4.78, 5) is 11.5. The largest absolute Gasteiger partial charge is 0.295 e. The van der Waals surface area contributed by atoms with E-state index in [1.807, 2.05) is 6.07 Å². The third-order valence-electron chi connectivity index (χ3n) is 1.35. The molecule has 2 aromatic rings. The van der Waals surface area contributed by atoms with Crippen molar-refractivity contribution in [2.45, 2.75) is 0 Å². The summed E-state index contributed by atoms with van der Waals surface area (Å²) in [6.07, 6.45) is 0. The maximum atomic E-state index is 11.5. The van der Waals surface area contributed by atoms with Gasteiger partial charge in [-0.1, -0.05) is 9.59 Å². The van der Waals surface area contributed by atoms with Gasteiger partial charge in [-0.25, -0.2) is 0 Å². The molecule has 72 valence electrons. The number of carbonyl (C=O) groups excluding carboxylic acids is 1. The number of amides is 1. The zero-order valence-electron chi connectivity index (χ0n) is 6.60. The minimum atomic E-state index is -0.178. The molecule has 0 aliphatic heterocycles. The third-order valence-corrected chi connectivity index (χ3v) is 3.65. The smallest absolute Gasteiger partial charge is 0.258 e. The molecule has 1 N–H and O–H groups in total. The molecule has 0 aromatic carbocycles. The molecule has 2 aromatic heterocycles. The lowest BCUT2D eigenvalue weighted by atomic mass is 10.3. The van der Waals surface area contributed by atoms with Crippen LogP contribution in [0.5, 0.6) is 0 Å². The number of hydrogen-bond donors (Lipinski definition) is 1. The summed E-state index contributed by atoms with van der Waals surface area (Å²) >= 11 is 4.74. The average Bonchev–Trinajstić information content (AvgIpc) is 2.75. The molecule has 14 heavy (non-hydrogen) atoms. The van der Waals surface area contributed by atoms with E-state index >= 15 is 0 Å². The molecule has 0 saturated carbocycles. The van der Waals surface area contributed by atoms with Gasteiger partial charge in [0.05, 0.1) is 8.45 Å². The molecule has 0 radical (unpaired) electrons. The Kier molecular flexibility index (Phi) is 3.03. The minimum absolute atomic E-state index is 0.178. The number of hydrogen-bond acceptors (Lipinski definition) is 6. The Hall–Kier alpha value is -0.610. The molecule has 0 aliphatic rings. The highest BCUT2D eigenvalue weighted by Crippen LogP contribution is 2.17. The van der Waals surface area contributed by atoms with Gasteiger partial charge in [0.25, 0.3) is 5.91 Å². The normalized spacial score (nSPS) is 10.1. The zero-order chi connectivity index (χ0) is 9.97. The van der Waals surface area contributed by atoms with Crippen LogP contribution < -0.4 is 5.32 Å². The summed E-state index contributed by atoms with van der Waals surface area (Å²) in [5.41, 5.74) is 0.634. The van der Waals surface area contributed by atoms with E-state index < -0.39 is 0 Å². The maximum Gasteiger partial charge on any atom is 0.258 e. The zero-order valence-corrected chi connectivity index (χ0v) is 10.4. The minimum Gasteiger partial charge on any atom is -0.295 e. The highest BCUT2D eigenvalue weighted by molar-refractivity contribution is 14.1. The number of nitrogens with one attached hydrogen (secondary N) is 1. The first kappa shape index (κ1) is 9.93. The Morgan fingerprint density at radius 2 is 2.43 bits per heavy atom. The molecule has 8 heteroatoms. The Morgan fingerprint density at radius 1 is 1.57 bits per heavy atom. The number of aromatic nitrogens is 3. The highest BCUT2D eigenvalue weighted by Gasteiger charge is 2.09. The van der Waals surface area contributed by atoms with Crippen LogP contribution in [-0.4, -0.2) is 20.7 Å². The summed E-state index contributed by atoms with van der Waals surface area (Å²) in [6, 6.07) is 1.81. The van der Waals surface area contributed by atoms with Crippen LogP contribution in [0.25, 0.3) is 0 Å². The molecular weight excluding hydrogens is 335 g/mol. The van der Waals surface area contributed by atoms with Crippen molar-refractivity contribution in [2.75, 3.05) is 5.32 Å². The summed E-state index contributed by atoms with van der Waals surface area (Å²) in [5, 5.41) is 11.8. The molecule has 0 bridgehead atoms. The predicted octanol–water partition coefficient (Wildman–Crippen LogP) is 1.85. The maximum absolute atomic E-state index is 11.5. The Labute approximate surface area is 101 Å². The van der Waals surface area contributed by atoms with E-state index in [0.29, 0.717) is 10.7 Å². The van der Waals surface area contributed by atoms with Crippen LogP contribution in [0.15, 0.2) is 11.4 Å². The van der Waals surface area contributed by atoms with Gasteiger partial charge >= 0.3 is 0 Å². The van der Waals surface area contributed by atoms with Crippen molar-refractivity contribution in [1.82, 2.24) is 14.8 Å². The van der Waals surface area contributed by atoms with Crippen LogP contribution >= 0.6 is 45.5 Å². The first-order valence-electron chi connectivity index (χ1n) is 3.46. The topological polar surface area (TPSA) is 67.8 Å². The van der Waals surface area contributed by atoms with E-state index in [2.05, 4.69) is 42.7 Å². The van der Waals surface area contributed by atoms with Crippen LogP contribution in [0.2, 0.25) is 0 Å². The van der Waals surface area contributed by atoms with Gasteiger partial charge in [0, 0.05) is 16.9 Å². The number of anilines is 1. The summed E-state index contributed by atoms with van der Waals surface area (Å²) < 4.78 is 4.61. The summed E-state index contributed by atoms with van der Waals surface area (Å²) in [7, 11) is 0. The Morgan fingerprint density at radius 3 is 3.00 bits per heavy atom. The quantitative estimate of drug-likeness (QED) is 0.849. The monoisotopic (exact) mass is 338 g/mol. The number of thiophene rings is 1. The molecule has 0 atom stereocenters. The molecule has 2 heterocycles. The van der Waals surface area contributed by atoms with Crippen LogP contribution in [0, 0.1) is 2.88 Å². The standard InChI is InChI=1S/C6H3IN4OS2/c7-4-1-3(2-13-4)5(12)8-6-9-10-11-14-6/h1-2H,(H,8,9,11,12). The number of rotatable bonds is 2. The van der Waals surface area contributed by atoms with E-state index in [4.69, 9.17) is 0 Å². The first-order valence-corrected chi connectivity index (χ1v) is 6.19. The van der Waals surface area contributed by atoms with Gasteiger partial charge < -0.3 is 0 Å². The second-order valence-electron chi connectivity index (χ2n) is 2.26. The molecule has 0 spiro atoms. The average molecular weight is 338 g/mol. The number of halogens is 1. The third kappa shape index (κ3) is 2.25. The SMILES string of the molecule is O=C(Nc1nnns1)c1csc(I)c1. The van der Waals surface area contributed by atoms with Crippen molar-refractivity contribution < 1.29 is 4.79 Å². The molecule has 0 saturated heterocycles. The van der Waals surface area contributed by atoms with Crippen molar-refractivity contribution in [3.63, 3.8) is 0 Å². The fourth-order valence-electron chi connectivity index (χ4n) is 0.780. The molecule has 0 aliphatic carbocycles. The Balaban J connectivity index is 2.10. The second kappa shape index (κ2) is 4.28. The van der Waals surface area contributed by atoms with Crippen molar-refractivity contribution >= 4 is 56.5 Å². The van der Waals surface area contributed by atoms with Crippen molar-refractivity contribution in [2.24, 2.45) is 0 Å². The molecule has 0 unspecified atom stereocenters. The number of nitrogens with zero attached hydrogens (tertiary/aromatic N) is 3. The molecule has 1 amide bonds. The van der Waals surface area contributed by atoms with Gasteiger partial charge in [0.15, 0.2) is 0 Å². The Bertz CT molecular complexity index is 440. The van der Waals surface area contributed by atoms with E-state index in [9.17, 15) is 4.79 Å². The second-order valence-corrected chi connectivity index (χ2v) is 5.80. The molecule has 0 fully saturated rings. The lowest BCUT2D eigenvalue weighted by molar-refractivity contribution is 0.102. The van der Waals surface area contributed by atoms with Crippen LogP contribution in [0.3, 0.4) is 0 Å². The van der Waals surface area contributed by atoms with E-state index in [0.717, 1.165) is 14.4 Å². The fourth-order valence-corrected chi connectivity index (χ4v) is 2.47. The van der Waals surface area contributed by atoms with Gasteiger partial charge in [-0.15, -0.1) is 11.3 Å². The predicted molar refractivity (Wildman–Crippen MR) is 62.7 cm³/mol. The van der Waals surface area contributed by atoms with E-state index in [-0.39, 0.29) is 5.91 Å².